The standard InChI is InChI=1S/C20H21N3O3/c1-12-9-13(2)18(14(3)10-12)22-19(24)15(4)26-17-7-5-16(6-8-17)20-23-21-11-25-20/h5-11,15H,1-4H3,(H,22,24)/t15-/m1/s1. The van der Waals surface area contributed by atoms with Gasteiger partial charge in [-0.1, -0.05) is 17.7 Å². The molecule has 0 bridgehead atoms. The van der Waals surface area contributed by atoms with Gasteiger partial charge in [0.25, 0.3) is 5.91 Å². The van der Waals surface area contributed by atoms with Crippen LogP contribution in [0.3, 0.4) is 0 Å². The van der Waals surface area contributed by atoms with Crippen molar-refractivity contribution in [3.63, 3.8) is 0 Å². The Hall–Kier alpha value is -3.15. The number of rotatable bonds is 5. The minimum Gasteiger partial charge on any atom is -0.481 e. The van der Waals surface area contributed by atoms with Crippen LogP contribution < -0.4 is 10.1 Å². The summed E-state index contributed by atoms with van der Waals surface area (Å²) in [5, 5.41) is 10.5. The van der Waals surface area contributed by atoms with Gasteiger partial charge in [-0.3, -0.25) is 4.79 Å². The fourth-order valence-corrected chi connectivity index (χ4v) is 2.83. The molecule has 0 spiro atoms. The third-order valence-corrected chi connectivity index (χ3v) is 4.07. The highest BCUT2D eigenvalue weighted by Crippen LogP contribution is 2.23. The predicted octanol–water partition coefficient (Wildman–Crippen LogP) is 4.07. The number of hydrogen-bond acceptors (Lipinski definition) is 5. The van der Waals surface area contributed by atoms with Crippen LogP contribution in [-0.4, -0.2) is 22.2 Å². The summed E-state index contributed by atoms with van der Waals surface area (Å²) in [6, 6.07) is 11.2. The first kappa shape index (κ1) is 17.7. The van der Waals surface area contributed by atoms with Crippen molar-refractivity contribution in [3.05, 3.63) is 59.5 Å². The first-order valence-electron chi connectivity index (χ1n) is 8.36. The van der Waals surface area contributed by atoms with E-state index in [1.165, 1.54) is 12.0 Å². The smallest absolute Gasteiger partial charge is 0.265 e. The van der Waals surface area contributed by atoms with Crippen molar-refractivity contribution in [2.45, 2.75) is 33.8 Å². The molecule has 0 radical (unpaired) electrons. The number of benzene rings is 2. The largest absolute Gasteiger partial charge is 0.481 e. The molecule has 1 amide bonds. The Balaban J connectivity index is 1.66. The summed E-state index contributed by atoms with van der Waals surface area (Å²) in [5.74, 6) is 0.835. The van der Waals surface area contributed by atoms with Crippen molar-refractivity contribution in [2.24, 2.45) is 0 Å². The van der Waals surface area contributed by atoms with Crippen LogP contribution >= 0.6 is 0 Å². The lowest BCUT2D eigenvalue weighted by Crippen LogP contribution is -2.30. The number of hydrogen-bond donors (Lipinski definition) is 1. The van der Waals surface area contributed by atoms with Crippen LogP contribution in [0.2, 0.25) is 0 Å². The Labute approximate surface area is 152 Å². The normalized spacial score (nSPS) is 11.8. The van der Waals surface area contributed by atoms with Crippen LogP contribution in [0.5, 0.6) is 5.75 Å². The van der Waals surface area contributed by atoms with Crippen LogP contribution in [0.25, 0.3) is 11.5 Å². The van der Waals surface area contributed by atoms with Gasteiger partial charge in [0.2, 0.25) is 12.3 Å². The Kier molecular flexibility index (Phi) is 5.02. The van der Waals surface area contributed by atoms with Gasteiger partial charge in [0.05, 0.1) is 0 Å². The maximum Gasteiger partial charge on any atom is 0.265 e. The van der Waals surface area contributed by atoms with Gasteiger partial charge in [-0.2, -0.15) is 0 Å². The first-order chi connectivity index (χ1) is 12.4. The fraction of sp³-hybridized carbons (Fsp3) is 0.250. The lowest BCUT2D eigenvalue weighted by molar-refractivity contribution is -0.122. The molecule has 0 saturated heterocycles. The molecule has 134 valence electrons. The number of anilines is 1. The zero-order valence-corrected chi connectivity index (χ0v) is 15.2. The molecule has 1 heterocycles. The van der Waals surface area contributed by atoms with Crippen molar-refractivity contribution in [1.82, 2.24) is 10.2 Å². The van der Waals surface area contributed by atoms with Crippen LogP contribution in [0.1, 0.15) is 23.6 Å². The van der Waals surface area contributed by atoms with Gasteiger partial charge in [0.1, 0.15) is 5.75 Å². The quantitative estimate of drug-likeness (QED) is 0.750. The minimum atomic E-state index is -0.635. The average Bonchev–Trinajstić information content (AvgIpc) is 3.13. The number of carbonyl (C=O) groups is 1. The molecule has 6 nitrogen and oxygen atoms in total. The number of aromatic nitrogens is 2. The van der Waals surface area contributed by atoms with Crippen LogP contribution in [0, 0.1) is 20.8 Å². The molecule has 1 N–H and O–H groups in total. The number of aryl methyl sites for hydroxylation is 3. The fourth-order valence-electron chi connectivity index (χ4n) is 2.83. The number of carbonyl (C=O) groups excluding carboxylic acids is 1. The summed E-state index contributed by atoms with van der Waals surface area (Å²) in [6.45, 7) is 7.73. The first-order valence-corrected chi connectivity index (χ1v) is 8.36. The summed E-state index contributed by atoms with van der Waals surface area (Å²) < 4.78 is 10.9. The van der Waals surface area contributed by atoms with E-state index in [2.05, 4.69) is 15.5 Å². The molecule has 3 rings (SSSR count). The molecule has 0 aliphatic heterocycles. The molecule has 0 aliphatic carbocycles. The van der Waals surface area contributed by atoms with Crippen molar-refractivity contribution in [3.8, 4) is 17.2 Å². The molecule has 26 heavy (non-hydrogen) atoms. The second-order valence-electron chi connectivity index (χ2n) is 6.29. The van der Waals surface area contributed by atoms with Gasteiger partial charge in [-0.15, -0.1) is 10.2 Å². The Morgan fingerprint density at radius 3 is 2.35 bits per heavy atom. The molecule has 1 aromatic heterocycles. The van der Waals surface area contributed by atoms with Gasteiger partial charge in [0, 0.05) is 11.3 Å². The second-order valence-corrected chi connectivity index (χ2v) is 6.29. The second kappa shape index (κ2) is 7.39. The maximum absolute atomic E-state index is 12.5. The van der Waals surface area contributed by atoms with Crippen molar-refractivity contribution >= 4 is 11.6 Å². The summed E-state index contributed by atoms with van der Waals surface area (Å²) in [4.78, 5) is 12.5. The zero-order chi connectivity index (χ0) is 18.7. The van der Waals surface area contributed by atoms with Crippen molar-refractivity contribution in [2.75, 3.05) is 5.32 Å². The highest BCUT2D eigenvalue weighted by molar-refractivity contribution is 5.95. The third kappa shape index (κ3) is 3.91. The lowest BCUT2D eigenvalue weighted by atomic mass is 10.0. The van der Waals surface area contributed by atoms with E-state index in [0.29, 0.717) is 11.6 Å². The maximum atomic E-state index is 12.5. The molecular formula is C20H21N3O3. The minimum absolute atomic E-state index is 0.193. The van der Waals surface area contributed by atoms with Gasteiger partial charge in [-0.05, 0) is 63.1 Å². The predicted molar refractivity (Wildman–Crippen MR) is 99.1 cm³/mol. The van der Waals surface area contributed by atoms with Gasteiger partial charge < -0.3 is 14.5 Å². The highest BCUT2D eigenvalue weighted by Gasteiger charge is 2.17. The molecule has 0 aliphatic rings. The van der Waals surface area contributed by atoms with Gasteiger partial charge in [0.15, 0.2) is 6.10 Å². The van der Waals surface area contributed by atoms with Gasteiger partial charge >= 0.3 is 0 Å². The summed E-state index contributed by atoms with van der Waals surface area (Å²) in [5.41, 5.74) is 4.86. The van der Waals surface area contributed by atoms with E-state index in [4.69, 9.17) is 9.15 Å². The van der Waals surface area contributed by atoms with Crippen molar-refractivity contribution < 1.29 is 13.9 Å². The van der Waals surface area contributed by atoms with E-state index >= 15 is 0 Å². The van der Waals surface area contributed by atoms with Gasteiger partial charge in [-0.25, -0.2) is 0 Å². The Morgan fingerprint density at radius 2 is 1.77 bits per heavy atom. The summed E-state index contributed by atoms with van der Waals surface area (Å²) in [7, 11) is 0. The monoisotopic (exact) mass is 351 g/mol. The van der Waals surface area contributed by atoms with E-state index in [1.54, 1.807) is 19.1 Å². The van der Waals surface area contributed by atoms with Crippen LogP contribution in [-0.2, 0) is 4.79 Å². The lowest BCUT2D eigenvalue weighted by Gasteiger charge is -2.17. The number of ether oxygens (including phenoxy) is 1. The molecule has 2 aromatic carbocycles. The number of nitrogens with zero attached hydrogens (tertiary/aromatic N) is 2. The topological polar surface area (TPSA) is 77.2 Å². The number of nitrogens with one attached hydrogen (secondary N) is 1. The molecule has 3 aromatic rings. The van der Waals surface area contributed by atoms with E-state index < -0.39 is 6.10 Å². The highest BCUT2D eigenvalue weighted by atomic mass is 16.5. The van der Waals surface area contributed by atoms with E-state index in [1.807, 2.05) is 45.0 Å². The molecule has 0 fully saturated rings. The van der Waals surface area contributed by atoms with E-state index in [-0.39, 0.29) is 5.91 Å². The molecule has 0 unspecified atom stereocenters. The Bertz CT molecular complexity index is 880. The zero-order valence-electron chi connectivity index (χ0n) is 15.2. The van der Waals surface area contributed by atoms with E-state index in [9.17, 15) is 4.79 Å². The summed E-state index contributed by atoms with van der Waals surface area (Å²) >= 11 is 0. The summed E-state index contributed by atoms with van der Waals surface area (Å²) in [6.07, 6.45) is 0.644. The van der Waals surface area contributed by atoms with Crippen LogP contribution in [0.15, 0.2) is 47.2 Å². The SMILES string of the molecule is Cc1cc(C)c(NC(=O)[C@@H](C)Oc2ccc(-c3nnco3)cc2)c(C)c1. The third-order valence-electron chi connectivity index (χ3n) is 4.07. The molecular weight excluding hydrogens is 330 g/mol. The van der Waals surface area contributed by atoms with Crippen LogP contribution in [0.4, 0.5) is 5.69 Å². The average molecular weight is 351 g/mol. The molecule has 1 atom stereocenters. The molecule has 6 heteroatoms. The molecule has 0 saturated carbocycles. The van der Waals surface area contributed by atoms with E-state index in [0.717, 1.165) is 22.4 Å². The Morgan fingerprint density at radius 1 is 1.12 bits per heavy atom. The number of amides is 1. The van der Waals surface area contributed by atoms with Crippen molar-refractivity contribution in [1.29, 1.82) is 0 Å².